The normalized spacial score (nSPS) is 13.9. The Bertz CT molecular complexity index is 538. The van der Waals surface area contributed by atoms with Gasteiger partial charge in [-0.2, -0.15) is 0 Å². The summed E-state index contributed by atoms with van der Waals surface area (Å²) in [4.78, 5) is 2.22. The summed E-state index contributed by atoms with van der Waals surface area (Å²) in [6.45, 7) is 6.67. The minimum Gasteiger partial charge on any atom is -0.399 e. The van der Waals surface area contributed by atoms with Crippen LogP contribution in [0.2, 0.25) is 0 Å². The van der Waals surface area contributed by atoms with Gasteiger partial charge in [0.05, 0.1) is 4.90 Å². The predicted octanol–water partition coefficient (Wildman–Crippen LogP) is 1.83. The molecule has 21 heavy (non-hydrogen) atoms. The third-order valence-corrected chi connectivity index (χ3v) is 4.55. The van der Waals surface area contributed by atoms with E-state index in [1.54, 1.807) is 12.1 Å². The standard InChI is InChI=1S/C15H27N3O2S/c1-11(2)6-14(10-18(4)5)17-21(19,20)15-8-12(3)7-13(16)9-15/h7-9,11,14,17H,6,10,16H2,1-5H3. The number of nitrogens with zero attached hydrogens (tertiary/aromatic N) is 1. The van der Waals surface area contributed by atoms with Crippen LogP contribution in [-0.4, -0.2) is 40.0 Å². The van der Waals surface area contributed by atoms with Crippen LogP contribution in [0.4, 0.5) is 5.69 Å². The van der Waals surface area contributed by atoms with Gasteiger partial charge < -0.3 is 10.6 Å². The lowest BCUT2D eigenvalue weighted by molar-refractivity contribution is 0.329. The second-order valence-corrected chi connectivity index (χ2v) is 8.00. The Kier molecular flexibility index (Phi) is 6.19. The third kappa shape index (κ3) is 6.03. The maximum absolute atomic E-state index is 12.5. The SMILES string of the molecule is Cc1cc(N)cc(S(=O)(=O)NC(CC(C)C)CN(C)C)c1. The van der Waals surface area contributed by atoms with Crippen LogP contribution < -0.4 is 10.5 Å². The maximum Gasteiger partial charge on any atom is 0.240 e. The molecule has 6 heteroatoms. The van der Waals surface area contributed by atoms with Crippen LogP contribution in [0.15, 0.2) is 23.1 Å². The van der Waals surface area contributed by atoms with Gasteiger partial charge in [-0.1, -0.05) is 13.8 Å². The molecule has 1 aromatic rings. The zero-order valence-electron chi connectivity index (χ0n) is 13.6. The molecule has 1 aromatic carbocycles. The van der Waals surface area contributed by atoms with Crippen LogP contribution in [0.25, 0.3) is 0 Å². The second kappa shape index (κ2) is 7.24. The summed E-state index contributed by atoms with van der Waals surface area (Å²) in [5.74, 6) is 0.417. The topological polar surface area (TPSA) is 75.4 Å². The highest BCUT2D eigenvalue weighted by atomic mass is 32.2. The number of nitrogens with one attached hydrogen (secondary N) is 1. The van der Waals surface area contributed by atoms with Crippen LogP contribution in [0, 0.1) is 12.8 Å². The summed E-state index contributed by atoms with van der Waals surface area (Å²) in [6, 6.07) is 4.77. The van der Waals surface area contributed by atoms with E-state index in [4.69, 9.17) is 5.73 Å². The van der Waals surface area contributed by atoms with E-state index in [1.165, 1.54) is 6.07 Å². The Labute approximate surface area is 128 Å². The molecule has 5 nitrogen and oxygen atoms in total. The molecule has 1 unspecified atom stereocenters. The number of sulfonamides is 1. The first-order valence-corrected chi connectivity index (χ1v) is 8.62. The van der Waals surface area contributed by atoms with Crippen molar-refractivity contribution in [2.75, 3.05) is 26.4 Å². The first-order chi connectivity index (χ1) is 9.60. The molecule has 0 aliphatic heterocycles. The van der Waals surface area contributed by atoms with Gasteiger partial charge in [0.15, 0.2) is 0 Å². The molecule has 0 spiro atoms. The van der Waals surface area contributed by atoms with Crippen LogP contribution in [-0.2, 0) is 10.0 Å². The van der Waals surface area contributed by atoms with Gasteiger partial charge in [0.2, 0.25) is 10.0 Å². The lowest BCUT2D eigenvalue weighted by Gasteiger charge is -2.24. The van der Waals surface area contributed by atoms with E-state index in [-0.39, 0.29) is 10.9 Å². The van der Waals surface area contributed by atoms with Crippen molar-refractivity contribution in [2.24, 2.45) is 5.92 Å². The van der Waals surface area contributed by atoms with Gasteiger partial charge in [0.1, 0.15) is 0 Å². The molecule has 0 aliphatic rings. The summed E-state index contributed by atoms with van der Waals surface area (Å²) in [7, 11) is 0.321. The zero-order chi connectivity index (χ0) is 16.2. The van der Waals surface area contributed by atoms with E-state index >= 15 is 0 Å². The van der Waals surface area contributed by atoms with Crippen LogP contribution >= 0.6 is 0 Å². The molecule has 1 atom stereocenters. The Morgan fingerprint density at radius 3 is 2.33 bits per heavy atom. The minimum absolute atomic E-state index is 0.119. The highest BCUT2D eigenvalue weighted by molar-refractivity contribution is 7.89. The van der Waals surface area contributed by atoms with Gasteiger partial charge in [-0.05, 0) is 57.1 Å². The van der Waals surface area contributed by atoms with Gasteiger partial charge in [0.25, 0.3) is 0 Å². The predicted molar refractivity (Wildman–Crippen MR) is 87.7 cm³/mol. The van der Waals surface area contributed by atoms with Crippen LogP contribution in [0.5, 0.6) is 0 Å². The number of benzene rings is 1. The summed E-state index contributed by atoms with van der Waals surface area (Å²) < 4.78 is 27.9. The first-order valence-electron chi connectivity index (χ1n) is 7.14. The van der Waals surface area contributed by atoms with E-state index in [2.05, 4.69) is 18.6 Å². The molecule has 0 saturated heterocycles. The highest BCUT2D eigenvalue weighted by Gasteiger charge is 2.22. The number of hydrogen-bond acceptors (Lipinski definition) is 4. The number of hydrogen-bond donors (Lipinski definition) is 2. The van der Waals surface area contributed by atoms with Crippen molar-refractivity contribution < 1.29 is 8.42 Å². The third-order valence-electron chi connectivity index (χ3n) is 3.05. The van der Waals surface area contributed by atoms with E-state index in [0.717, 1.165) is 12.0 Å². The lowest BCUT2D eigenvalue weighted by Crippen LogP contribution is -2.42. The van der Waals surface area contributed by atoms with Crippen molar-refractivity contribution in [1.82, 2.24) is 9.62 Å². The summed E-state index contributed by atoms with van der Waals surface area (Å²) in [6.07, 6.45) is 0.790. The molecule has 120 valence electrons. The van der Waals surface area contributed by atoms with Gasteiger partial charge in [-0.15, -0.1) is 0 Å². The molecule has 1 rings (SSSR count). The number of nitrogens with two attached hydrogens (primary N) is 1. The molecule has 0 saturated carbocycles. The molecule has 0 radical (unpaired) electrons. The molecular weight excluding hydrogens is 286 g/mol. The molecule has 0 heterocycles. The van der Waals surface area contributed by atoms with E-state index < -0.39 is 10.0 Å². The fraction of sp³-hybridized carbons (Fsp3) is 0.600. The number of rotatable bonds is 7. The minimum atomic E-state index is -3.55. The Balaban J connectivity index is 2.99. The second-order valence-electron chi connectivity index (χ2n) is 6.29. The molecule has 0 fully saturated rings. The van der Waals surface area contributed by atoms with Crippen molar-refractivity contribution in [3.63, 3.8) is 0 Å². The fourth-order valence-corrected chi connectivity index (χ4v) is 3.77. The molecule has 0 amide bonds. The largest absolute Gasteiger partial charge is 0.399 e. The number of nitrogen functional groups attached to an aromatic ring is 1. The lowest BCUT2D eigenvalue weighted by atomic mass is 10.0. The average molecular weight is 313 g/mol. The van der Waals surface area contributed by atoms with Crippen molar-refractivity contribution in [2.45, 2.75) is 38.1 Å². The number of likely N-dealkylation sites (N-methyl/N-ethyl adjacent to an activating group) is 1. The van der Waals surface area contributed by atoms with Crippen molar-refractivity contribution >= 4 is 15.7 Å². The Morgan fingerprint density at radius 2 is 1.86 bits per heavy atom. The maximum atomic E-state index is 12.5. The molecule has 0 aromatic heterocycles. The quantitative estimate of drug-likeness (QED) is 0.753. The highest BCUT2D eigenvalue weighted by Crippen LogP contribution is 2.17. The Morgan fingerprint density at radius 1 is 1.24 bits per heavy atom. The van der Waals surface area contributed by atoms with E-state index in [9.17, 15) is 8.42 Å². The molecule has 3 N–H and O–H groups in total. The van der Waals surface area contributed by atoms with Gasteiger partial charge >= 0.3 is 0 Å². The molecule has 0 bridgehead atoms. The first kappa shape index (κ1) is 17.9. The van der Waals surface area contributed by atoms with E-state index in [1.807, 2.05) is 25.9 Å². The Hall–Kier alpha value is -1.11. The van der Waals surface area contributed by atoms with Gasteiger partial charge in [0, 0.05) is 18.3 Å². The van der Waals surface area contributed by atoms with Crippen LogP contribution in [0.3, 0.4) is 0 Å². The van der Waals surface area contributed by atoms with Crippen molar-refractivity contribution in [3.8, 4) is 0 Å². The zero-order valence-corrected chi connectivity index (χ0v) is 14.4. The van der Waals surface area contributed by atoms with Crippen molar-refractivity contribution in [3.05, 3.63) is 23.8 Å². The van der Waals surface area contributed by atoms with E-state index in [0.29, 0.717) is 18.2 Å². The molecule has 0 aliphatic carbocycles. The fourth-order valence-electron chi connectivity index (χ4n) is 2.39. The average Bonchev–Trinajstić information content (AvgIpc) is 2.24. The van der Waals surface area contributed by atoms with Crippen molar-refractivity contribution in [1.29, 1.82) is 0 Å². The monoisotopic (exact) mass is 313 g/mol. The molecular formula is C15H27N3O2S. The number of aryl methyl sites for hydroxylation is 1. The van der Waals surface area contributed by atoms with Gasteiger partial charge in [-0.25, -0.2) is 13.1 Å². The smallest absolute Gasteiger partial charge is 0.240 e. The van der Waals surface area contributed by atoms with Crippen LogP contribution in [0.1, 0.15) is 25.8 Å². The summed E-state index contributed by atoms with van der Waals surface area (Å²) in [5.41, 5.74) is 7.05. The summed E-state index contributed by atoms with van der Waals surface area (Å²) >= 11 is 0. The van der Waals surface area contributed by atoms with Gasteiger partial charge in [-0.3, -0.25) is 0 Å². The number of anilines is 1. The summed E-state index contributed by atoms with van der Waals surface area (Å²) in [5, 5.41) is 0.